The minimum absolute atomic E-state index is 0.208. The van der Waals surface area contributed by atoms with Crippen molar-refractivity contribution in [1.82, 2.24) is 0 Å². The van der Waals surface area contributed by atoms with Gasteiger partial charge >= 0.3 is 0 Å². The fraction of sp³-hybridized carbons (Fsp3) is 0.429. The Hall–Kier alpha value is -1.56. The Morgan fingerprint density at radius 2 is 1.33 bits per heavy atom. The van der Waals surface area contributed by atoms with Crippen molar-refractivity contribution in [2.24, 2.45) is 0 Å². The third kappa shape index (κ3) is 3.37. The molecule has 0 saturated heterocycles. The molecule has 0 unspecified atom stereocenters. The lowest BCUT2D eigenvalue weighted by Crippen LogP contribution is -2.16. The maximum Gasteiger partial charge on any atom is -0.0100 e. The fourth-order valence-electron chi connectivity index (χ4n) is 2.67. The second kappa shape index (κ2) is 5.67. The van der Waals surface area contributed by atoms with E-state index in [1.54, 1.807) is 0 Å². The zero-order valence-electron chi connectivity index (χ0n) is 14.3. The van der Waals surface area contributed by atoms with E-state index in [9.17, 15) is 0 Å². The molecule has 2 aromatic carbocycles. The lowest BCUT2D eigenvalue weighted by atomic mass is 9.78. The molecule has 112 valence electrons. The molecule has 0 radical (unpaired) electrons. The monoisotopic (exact) mass is 280 g/mol. The number of hydrogen-bond donors (Lipinski definition) is 0. The first-order valence-electron chi connectivity index (χ1n) is 7.96. The van der Waals surface area contributed by atoms with Crippen molar-refractivity contribution in [3.8, 4) is 11.1 Å². The predicted molar refractivity (Wildman–Crippen MR) is 93.9 cm³/mol. The molecule has 0 heteroatoms. The SMILES string of the molecule is CCC(C)(C)c1ccccc1-c1ccc(C(C)(C)C)cc1. The van der Waals surface area contributed by atoms with Gasteiger partial charge in [0.2, 0.25) is 0 Å². The molecule has 0 aliphatic carbocycles. The van der Waals surface area contributed by atoms with Gasteiger partial charge in [0.25, 0.3) is 0 Å². The van der Waals surface area contributed by atoms with Gasteiger partial charge in [-0.2, -0.15) is 0 Å². The maximum atomic E-state index is 2.33. The van der Waals surface area contributed by atoms with Gasteiger partial charge in [-0.25, -0.2) is 0 Å². The van der Waals surface area contributed by atoms with Gasteiger partial charge in [0.05, 0.1) is 0 Å². The average Bonchev–Trinajstić information content (AvgIpc) is 2.46. The van der Waals surface area contributed by atoms with E-state index in [4.69, 9.17) is 0 Å². The highest BCUT2D eigenvalue weighted by Crippen LogP contribution is 2.35. The molecular formula is C21H28. The molecule has 0 N–H and O–H groups in total. The van der Waals surface area contributed by atoms with Crippen LogP contribution in [0.4, 0.5) is 0 Å². The summed E-state index contributed by atoms with van der Waals surface area (Å²) in [4.78, 5) is 0. The Morgan fingerprint density at radius 1 is 0.762 bits per heavy atom. The van der Waals surface area contributed by atoms with Crippen molar-refractivity contribution in [3.05, 3.63) is 59.7 Å². The summed E-state index contributed by atoms with van der Waals surface area (Å²) in [7, 11) is 0. The number of rotatable bonds is 3. The molecule has 2 aromatic rings. The van der Waals surface area contributed by atoms with Gasteiger partial charge in [-0.05, 0) is 39.5 Å². The van der Waals surface area contributed by atoms with Gasteiger partial charge in [0.15, 0.2) is 0 Å². The highest BCUT2D eigenvalue weighted by molar-refractivity contribution is 5.69. The minimum atomic E-state index is 0.208. The Labute approximate surface area is 130 Å². The van der Waals surface area contributed by atoms with E-state index in [1.165, 1.54) is 22.3 Å². The van der Waals surface area contributed by atoms with E-state index in [0.717, 1.165) is 6.42 Å². The number of hydrogen-bond acceptors (Lipinski definition) is 0. The fourth-order valence-corrected chi connectivity index (χ4v) is 2.67. The molecule has 0 fully saturated rings. The first kappa shape index (κ1) is 15.8. The normalized spacial score (nSPS) is 12.5. The smallest absolute Gasteiger partial charge is 0.0100 e. The molecule has 0 bridgehead atoms. The van der Waals surface area contributed by atoms with E-state index in [1.807, 2.05) is 0 Å². The minimum Gasteiger partial charge on any atom is -0.0646 e. The van der Waals surface area contributed by atoms with E-state index in [-0.39, 0.29) is 10.8 Å². The van der Waals surface area contributed by atoms with E-state index in [2.05, 4.69) is 90.1 Å². The molecule has 2 rings (SSSR count). The summed E-state index contributed by atoms with van der Waals surface area (Å²) in [5.41, 5.74) is 5.93. The van der Waals surface area contributed by atoms with Crippen LogP contribution in [-0.4, -0.2) is 0 Å². The topological polar surface area (TPSA) is 0 Å². The van der Waals surface area contributed by atoms with Crippen molar-refractivity contribution in [1.29, 1.82) is 0 Å². The third-order valence-electron chi connectivity index (χ3n) is 4.60. The summed E-state index contributed by atoms with van der Waals surface area (Å²) < 4.78 is 0. The highest BCUT2D eigenvalue weighted by Gasteiger charge is 2.22. The summed E-state index contributed by atoms with van der Waals surface area (Å²) in [6.07, 6.45) is 1.14. The average molecular weight is 280 g/mol. The summed E-state index contributed by atoms with van der Waals surface area (Å²) in [5, 5.41) is 0. The molecule has 0 aromatic heterocycles. The first-order valence-corrected chi connectivity index (χ1v) is 7.96. The van der Waals surface area contributed by atoms with Crippen LogP contribution >= 0.6 is 0 Å². The van der Waals surface area contributed by atoms with Crippen molar-refractivity contribution in [3.63, 3.8) is 0 Å². The van der Waals surface area contributed by atoms with Crippen LogP contribution < -0.4 is 0 Å². The Bertz CT molecular complexity index is 595. The molecule has 21 heavy (non-hydrogen) atoms. The zero-order chi connectivity index (χ0) is 15.7. The molecule has 0 heterocycles. The first-order chi connectivity index (χ1) is 9.75. The van der Waals surface area contributed by atoms with Gasteiger partial charge in [0.1, 0.15) is 0 Å². The standard InChI is InChI=1S/C21H28/c1-7-21(5,6)19-11-9-8-10-18(19)16-12-14-17(15-13-16)20(2,3)4/h8-15H,7H2,1-6H3. The Morgan fingerprint density at radius 3 is 1.86 bits per heavy atom. The second-order valence-corrected chi connectivity index (χ2v) is 7.61. The molecule has 0 nitrogen and oxygen atoms in total. The van der Waals surface area contributed by atoms with Crippen molar-refractivity contribution in [2.75, 3.05) is 0 Å². The maximum absolute atomic E-state index is 2.33. The van der Waals surface area contributed by atoms with E-state index in [0.29, 0.717) is 0 Å². The molecule has 0 saturated carbocycles. The van der Waals surface area contributed by atoms with Crippen molar-refractivity contribution in [2.45, 2.75) is 58.8 Å². The van der Waals surface area contributed by atoms with Crippen LogP contribution in [0.3, 0.4) is 0 Å². The predicted octanol–water partition coefficient (Wildman–Crippen LogP) is 6.34. The zero-order valence-corrected chi connectivity index (χ0v) is 14.3. The van der Waals surface area contributed by atoms with Crippen LogP contribution in [0.15, 0.2) is 48.5 Å². The summed E-state index contributed by atoms with van der Waals surface area (Å²) in [6, 6.07) is 17.9. The Kier molecular flexibility index (Phi) is 4.27. The lowest BCUT2D eigenvalue weighted by molar-refractivity contribution is 0.507. The highest BCUT2D eigenvalue weighted by atomic mass is 14.3. The van der Waals surface area contributed by atoms with Crippen LogP contribution in [-0.2, 0) is 10.8 Å². The van der Waals surface area contributed by atoms with Crippen molar-refractivity contribution >= 4 is 0 Å². The molecule has 0 aliphatic heterocycles. The van der Waals surface area contributed by atoms with Crippen LogP contribution in [0.5, 0.6) is 0 Å². The van der Waals surface area contributed by atoms with E-state index >= 15 is 0 Å². The van der Waals surface area contributed by atoms with Gasteiger partial charge in [-0.15, -0.1) is 0 Å². The molecule has 0 amide bonds. The quantitative estimate of drug-likeness (QED) is 0.615. The molecule has 0 atom stereocenters. The van der Waals surface area contributed by atoms with Crippen molar-refractivity contribution < 1.29 is 0 Å². The van der Waals surface area contributed by atoms with Crippen LogP contribution in [0, 0.1) is 0 Å². The molecule has 0 spiro atoms. The van der Waals surface area contributed by atoms with Crippen LogP contribution in [0.2, 0.25) is 0 Å². The van der Waals surface area contributed by atoms with Gasteiger partial charge in [0, 0.05) is 0 Å². The summed E-state index contributed by atoms with van der Waals surface area (Å²) in [6.45, 7) is 13.7. The lowest BCUT2D eigenvalue weighted by Gasteiger charge is -2.27. The summed E-state index contributed by atoms with van der Waals surface area (Å²) in [5.74, 6) is 0. The molecule has 0 aliphatic rings. The second-order valence-electron chi connectivity index (χ2n) is 7.61. The van der Waals surface area contributed by atoms with Crippen LogP contribution in [0.1, 0.15) is 59.1 Å². The van der Waals surface area contributed by atoms with Gasteiger partial charge < -0.3 is 0 Å². The third-order valence-corrected chi connectivity index (χ3v) is 4.60. The summed E-state index contributed by atoms with van der Waals surface area (Å²) >= 11 is 0. The Balaban J connectivity index is 2.48. The van der Waals surface area contributed by atoms with Gasteiger partial charge in [-0.1, -0.05) is 90.1 Å². The largest absolute Gasteiger partial charge is 0.0646 e. The van der Waals surface area contributed by atoms with Gasteiger partial charge in [-0.3, -0.25) is 0 Å². The van der Waals surface area contributed by atoms with E-state index < -0.39 is 0 Å². The molecular weight excluding hydrogens is 252 g/mol. The van der Waals surface area contributed by atoms with Crippen LogP contribution in [0.25, 0.3) is 11.1 Å². The number of benzene rings is 2.